The molecule has 0 heterocycles. The summed E-state index contributed by atoms with van der Waals surface area (Å²) in [6, 6.07) is 71.0. The third-order valence-electron chi connectivity index (χ3n) is 9.14. The number of hydrogen-bond donors (Lipinski definition) is 0. The van der Waals surface area contributed by atoms with Gasteiger partial charge in [-0.25, -0.2) is 16.8 Å². The molecule has 340 valence electrons. The maximum atomic E-state index is 13.5. The Kier molecular flexibility index (Phi) is 24.0. The van der Waals surface area contributed by atoms with Gasteiger partial charge in [0.25, 0.3) is 0 Å². The molecule has 0 amide bonds. The van der Waals surface area contributed by atoms with Crippen LogP contribution in [0.15, 0.2) is 240 Å². The summed E-state index contributed by atoms with van der Waals surface area (Å²) in [7, 11) is -1.20. The molecule has 0 saturated heterocycles. The average molecular weight is 961 g/mol. The second kappa shape index (κ2) is 29.3. The van der Waals surface area contributed by atoms with Crippen LogP contribution < -0.4 is 0 Å². The van der Waals surface area contributed by atoms with Crippen molar-refractivity contribution in [1.29, 1.82) is 0 Å². The molecule has 0 aromatic heterocycles. The Morgan fingerprint density at radius 1 is 0.313 bits per heavy atom. The first-order valence-corrected chi connectivity index (χ1v) is 23.9. The van der Waals surface area contributed by atoms with Crippen LogP contribution in [0.25, 0.3) is 52.7 Å². The summed E-state index contributed by atoms with van der Waals surface area (Å²) in [6.07, 6.45) is 0. The molecule has 0 N–H and O–H groups in total. The van der Waals surface area contributed by atoms with Crippen molar-refractivity contribution in [3.63, 3.8) is 0 Å². The molecule has 67 heavy (non-hydrogen) atoms. The predicted octanol–water partition coefficient (Wildman–Crippen LogP) is 15.4. The summed E-state index contributed by atoms with van der Waals surface area (Å²) < 4.78 is 62.8. The minimum absolute atomic E-state index is 0. The van der Waals surface area contributed by atoms with Crippen LogP contribution in [0, 0.1) is 13.8 Å². The van der Waals surface area contributed by atoms with E-state index >= 15 is 0 Å². The SMILES string of the molecule is C[N-]C.C[N-]C.Cc1ccc(S(=O)(=O)[N-]c2ccc3ccccc3c2-c2c([N-]S(=O)(=O)c3ccc(C)cc3)ccc3ccccc23)cc1.[Ti+4].c1ccccc1.c1ccccc1.c1ccccc1. The second-order valence-electron chi connectivity index (χ2n) is 14.5. The first kappa shape index (κ1) is 55.0. The van der Waals surface area contributed by atoms with Crippen molar-refractivity contribution >= 4 is 53.0 Å². The Morgan fingerprint density at radius 2 is 0.552 bits per heavy atom. The van der Waals surface area contributed by atoms with E-state index in [9.17, 15) is 16.8 Å². The molecule has 11 heteroatoms. The number of hydrogen-bond acceptors (Lipinski definition) is 4. The molecule has 0 aliphatic carbocycles. The number of rotatable bonds is 7. The molecule has 0 radical (unpaired) electrons. The van der Waals surface area contributed by atoms with Gasteiger partial charge in [0, 0.05) is 0 Å². The summed E-state index contributed by atoms with van der Waals surface area (Å²) in [4.78, 5) is 0.133. The fraction of sp³-hybridized carbons (Fsp3) is 0.107. The average Bonchev–Trinajstić information content (AvgIpc) is 3.34. The first-order valence-electron chi connectivity index (χ1n) is 21.0. The predicted molar refractivity (Wildman–Crippen MR) is 279 cm³/mol. The molecule has 0 aliphatic rings. The van der Waals surface area contributed by atoms with Crippen LogP contribution in [-0.4, -0.2) is 45.0 Å². The van der Waals surface area contributed by atoms with Gasteiger partial charge in [-0.1, -0.05) is 217 Å². The van der Waals surface area contributed by atoms with Crippen molar-refractivity contribution in [1.82, 2.24) is 0 Å². The third-order valence-corrected chi connectivity index (χ3v) is 11.7. The minimum atomic E-state index is -4.10. The van der Waals surface area contributed by atoms with Gasteiger partial charge in [0.2, 0.25) is 0 Å². The van der Waals surface area contributed by atoms with Crippen LogP contribution in [0.4, 0.5) is 11.4 Å². The number of aryl methyl sites for hydroxylation is 2. The monoisotopic (exact) mass is 960 g/mol. The molecule has 0 unspecified atom stereocenters. The third kappa shape index (κ3) is 17.8. The van der Waals surface area contributed by atoms with Gasteiger partial charge in [-0.2, -0.15) is 28.2 Å². The number of benzene rings is 9. The van der Waals surface area contributed by atoms with Gasteiger partial charge in [-0.3, -0.25) is 0 Å². The molecule has 0 saturated carbocycles. The summed E-state index contributed by atoms with van der Waals surface area (Å²) in [6.45, 7) is 3.76. The van der Waals surface area contributed by atoms with Crippen molar-refractivity contribution in [2.45, 2.75) is 23.6 Å². The van der Waals surface area contributed by atoms with E-state index in [1.165, 1.54) is 24.3 Å². The van der Waals surface area contributed by atoms with Gasteiger partial charge in [-0.05, 0) is 70.8 Å². The van der Waals surface area contributed by atoms with E-state index in [-0.39, 0.29) is 42.9 Å². The second-order valence-corrected chi connectivity index (χ2v) is 17.7. The molecule has 0 atom stereocenters. The number of sulfonamides is 2. The molecule has 0 spiro atoms. The van der Waals surface area contributed by atoms with Crippen LogP contribution in [0.5, 0.6) is 0 Å². The Labute approximate surface area is 413 Å². The molecule has 9 aromatic rings. The maximum absolute atomic E-state index is 13.5. The van der Waals surface area contributed by atoms with E-state index in [0.29, 0.717) is 11.1 Å². The molecule has 9 rings (SSSR count). The summed E-state index contributed by atoms with van der Waals surface area (Å²) >= 11 is 0. The largest absolute Gasteiger partial charge is 4.00 e. The Morgan fingerprint density at radius 3 is 0.806 bits per heavy atom. The van der Waals surface area contributed by atoms with Crippen LogP contribution in [0.1, 0.15) is 11.1 Å². The molecule has 8 nitrogen and oxygen atoms in total. The minimum Gasteiger partial charge on any atom is -0.668 e. The Hall–Kier alpha value is -6.37. The zero-order chi connectivity index (χ0) is 47.6. The van der Waals surface area contributed by atoms with Crippen LogP contribution in [0.3, 0.4) is 0 Å². The first-order chi connectivity index (χ1) is 31.9. The Balaban J connectivity index is 0.000000386. The molecular formula is C56H56N4O4S2Ti. The van der Waals surface area contributed by atoms with Crippen LogP contribution >= 0.6 is 0 Å². The zero-order valence-electron chi connectivity index (χ0n) is 38.7. The van der Waals surface area contributed by atoms with Gasteiger partial charge in [0.15, 0.2) is 0 Å². The molecule has 0 bridgehead atoms. The molecular weight excluding hydrogens is 905 g/mol. The molecule has 0 aliphatic heterocycles. The van der Waals surface area contributed by atoms with Crippen molar-refractivity contribution in [3.05, 3.63) is 262 Å². The van der Waals surface area contributed by atoms with E-state index in [4.69, 9.17) is 0 Å². The van der Waals surface area contributed by atoms with Crippen molar-refractivity contribution in [2.75, 3.05) is 28.2 Å². The van der Waals surface area contributed by atoms with Gasteiger partial charge in [-0.15, -0.1) is 11.4 Å². The van der Waals surface area contributed by atoms with Gasteiger partial charge >= 0.3 is 21.7 Å². The smallest absolute Gasteiger partial charge is 0.668 e. The summed E-state index contributed by atoms with van der Waals surface area (Å²) in [5.74, 6) is 0. The van der Waals surface area contributed by atoms with Crippen LogP contribution in [-0.2, 0) is 41.8 Å². The van der Waals surface area contributed by atoms with E-state index in [0.717, 1.165) is 32.7 Å². The van der Waals surface area contributed by atoms with Gasteiger partial charge in [0.1, 0.15) is 20.0 Å². The Bertz CT molecular complexity index is 2680. The normalized spacial score (nSPS) is 10.2. The summed E-state index contributed by atoms with van der Waals surface area (Å²) in [5.41, 5.74) is 3.20. The van der Waals surface area contributed by atoms with E-state index in [1.807, 2.05) is 184 Å². The topological polar surface area (TPSA) is 125 Å². The van der Waals surface area contributed by atoms with Crippen molar-refractivity contribution < 1.29 is 38.6 Å². The fourth-order valence-corrected chi connectivity index (χ4v) is 8.13. The van der Waals surface area contributed by atoms with Gasteiger partial charge in [0.05, 0.1) is 9.79 Å². The standard InChI is InChI=1S/C34H26N2O4S2.3C6H6.2C2H6N.Ti/c1-23-11-17-27(18-12-23)41(37,38)35-31-21-15-25-7-3-5-9-29(25)33(31)34-30-10-6-4-8-26(30)16-22-32(34)36-42(39,40)28-19-13-24(2)14-20-28;3*1-2-4-6-5-3-1;2*1-3-2;/h3-22H,1-2H3;3*1-6H;2*1-2H3;/q-2;;;;2*-1;+4. The number of nitrogens with zero attached hydrogens (tertiary/aromatic N) is 4. The zero-order valence-corrected chi connectivity index (χ0v) is 41.9. The van der Waals surface area contributed by atoms with Crippen LogP contribution in [0.2, 0.25) is 0 Å². The molecule has 9 aromatic carbocycles. The maximum Gasteiger partial charge on any atom is 4.00 e. The molecule has 0 fully saturated rings. The number of fused-ring (bicyclic) bond motifs is 2. The van der Waals surface area contributed by atoms with Gasteiger partial charge < -0.3 is 20.1 Å². The quantitative estimate of drug-likeness (QED) is 0.148. The van der Waals surface area contributed by atoms with Crippen molar-refractivity contribution in [2.24, 2.45) is 0 Å². The fourth-order valence-electron chi connectivity index (χ4n) is 6.14. The van der Waals surface area contributed by atoms with E-state index in [2.05, 4.69) is 20.1 Å². The summed E-state index contributed by atoms with van der Waals surface area (Å²) in [5, 5.41) is 10.1. The van der Waals surface area contributed by atoms with E-state index in [1.54, 1.807) is 64.6 Å². The van der Waals surface area contributed by atoms with Crippen molar-refractivity contribution in [3.8, 4) is 11.1 Å². The van der Waals surface area contributed by atoms with E-state index < -0.39 is 20.0 Å².